The zero-order valence-electron chi connectivity index (χ0n) is 23.1. The summed E-state index contributed by atoms with van der Waals surface area (Å²) in [6.45, 7) is 4.28. The number of rotatable bonds is 16. The fourth-order valence-electron chi connectivity index (χ4n) is 5.38. The van der Waals surface area contributed by atoms with Gasteiger partial charge in [-0.3, -0.25) is 14.5 Å². The molecular formula is C26H42N4O8S. The van der Waals surface area contributed by atoms with Crippen molar-refractivity contribution in [1.82, 2.24) is 14.5 Å². The normalized spacial score (nSPS) is 20.8. The average Bonchev–Trinajstić information content (AvgIpc) is 3.49. The van der Waals surface area contributed by atoms with Crippen molar-refractivity contribution >= 4 is 21.9 Å². The third-order valence-electron chi connectivity index (χ3n) is 7.30. The number of benzene rings is 1. The number of nitrogens with one attached hydrogen (secondary N) is 1. The van der Waals surface area contributed by atoms with Gasteiger partial charge in [0.2, 0.25) is 28.5 Å². The molecule has 4 N–H and O–H groups in total. The Morgan fingerprint density at radius 3 is 2.62 bits per heavy atom. The molecule has 0 spiro atoms. The van der Waals surface area contributed by atoms with Crippen LogP contribution in [-0.4, -0.2) is 101 Å². The summed E-state index contributed by atoms with van der Waals surface area (Å²) < 4.78 is 42.4. The van der Waals surface area contributed by atoms with Gasteiger partial charge in [0.1, 0.15) is 0 Å². The maximum absolute atomic E-state index is 13.5. The van der Waals surface area contributed by atoms with E-state index in [-0.39, 0.29) is 32.2 Å². The van der Waals surface area contributed by atoms with Crippen LogP contribution in [-0.2, 0) is 19.6 Å². The Morgan fingerprint density at radius 2 is 1.97 bits per heavy atom. The maximum atomic E-state index is 13.5. The first kappa shape index (κ1) is 30.9. The van der Waals surface area contributed by atoms with E-state index in [2.05, 4.69) is 11.6 Å². The fourth-order valence-corrected chi connectivity index (χ4v) is 5.87. The van der Waals surface area contributed by atoms with E-state index in [1.165, 1.54) is 7.11 Å². The Bertz CT molecular complexity index is 1100. The van der Waals surface area contributed by atoms with Gasteiger partial charge in [0.15, 0.2) is 11.5 Å². The molecule has 1 amide bonds. The van der Waals surface area contributed by atoms with Gasteiger partial charge in [0, 0.05) is 38.1 Å². The van der Waals surface area contributed by atoms with E-state index in [0.29, 0.717) is 49.0 Å². The number of ether oxygens (including phenoxy) is 3. The van der Waals surface area contributed by atoms with Crippen LogP contribution in [0, 0.1) is 5.92 Å². The van der Waals surface area contributed by atoms with Gasteiger partial charge in [-0.2, -0.15) is 0 Å². The number of carboxylic acids is 1. The molecule has 1 saturated heterocycles. The molecule has 39 heavy (non-hydrogen) atoms. The highest BCUT2D eigenvalue weighted by Gasteiger charge is 2.47. The number of amides is 1. The Kier molecular flexibility index (Phi) is 11.2. The van der Waals surface area contributed by atoms with Crippen molar-refractivity contribution in [1.29, 1.82) is 0 Å². The summed E-state index contributed by atoms with van der Waals surface area (Å²) in [6, 6.07) is 2.95. The number of nitrogens with two attached hydrogens (primary N) is 1. The zero-order valence-corrected chi connectivity index (χ0v) is 23.9. The highest BCUT2D eigenvalue weighted by Crippen LogP contribution is 2.47. The Morgan fingerprint density at radius 1 is 1.23 bits per heavy atom. The number of carbonyl (C=O) groups excluding carboxylic acids is 1. The molecule has 1 fully saturated rings. The van der Waals surface area contributed by atoms with E-state index >= 15 is 0 Å². The summed E-state index contributed by atoms with van der Waals surface area (Å²) in [4.78, 5) is 29.9. The average molecular weight is 571 g/mol. The molecule has 3 rings (SSSR count). The summed E-state index contributed by atoms with van der Waals surface area (Å²) in [6.07, 6.45) is 4.72. The number of methoxy groups -OCH3 is 1. The van der Waals surface area contributed by atoms with Crippen LogP contribution in [0.25, 0.3) is 0 Å². The van der Waals surface area contributed by atoms with Crippen molar-refractivity contribution in [3.8, 4) is 17.2 Å². The largest absolute Gasteiger partial charge is 0.493 e. The summed E-state index contributed by atoms with van der Waals surface area (Å²) in [5.74, 6) is -1.06. The third-order valence-corrected chi connectivity index (χ3v) is 8.03. The molecule has 3 atom stereocenters. The van der Waals surface area contributed by atoms with E-state index in [9.17, 15) is 23.1 Å². The zero-order chi connectivity index (χ0) is 28.6. The SMILES string of the molecule is CCCCN(CCCCN)C(=O)CN1CC(c2cc(OC)c3c(c2)OCO3)C(C(=O)O)C1CCNS(C)(=O)=O. The molecule has 0 aliphatic carbocycles. The number of sulfonamides is 1. The van der Waals surface area contributed by atoms with Crippen molar-refractivity contribution in [2.75, 3.05) is 59.4 Å². The second-order valence-electron chi connectivity index (χ2n) is 10.1. The van der Waals surface area contributed by atoms with Gasteiger partial charge >= 0.3 is 5.97 Å². The maximum Gasteiger partial charge on any atom is 0.308 e. The molecule has 12 nitrogen and oxygen atoms in total. The second kappa shape index (κ2) is 14.1. The smallest absolute Gasteiger partial charge is 0.308 e. The number of hydrogen-bond acceptors (Lipinski definition) is 9. The Hall–Kier alpha value is -2.61. The molecule has 1 aromatic rings. The van der Waals surface area contributed by atoms with Gasteiger partial charge in [-0.25, -0.2) is 13.1 Å². The number of hydrogen-bond donors (Lipinski definition) is 3. The van der Waals surface area contributed by atoms with Gasteiger partial charge in [-0.05, 0) is 49.9 Å². The Labute approximate surface area is 230 Å². The summed E-state index contributed by atoms with van der Waals surface area (Å²) >= 11 is 0. The molecule has 3 unspecified atom stereocenters. The predicted molar refractivity (Wildman–Crippen MR) is 146 cm³/mol. The quantitative estimate of drug-likeness (QED) is 0.246. The second-order valence-corrected chi connectivity index (χ2v) is 11.9. The molecule has 0 aromatic heterocycles. The minimum Gasteiger partial charge on any atom is -0.493 e. The number of carboxylic acid groups (broad SMARTS) is 1. The van der Waals surface area contributed by atoms with Gasteiger partial charge in [-0.1, -0.05) is 13.3 Å². The lowest BCUT2D eigenvalue weighted by atomic mass is 9.84. The van der Waals surface area contributed by atoms with Crippen molar-refractivity contribution < 1.29 is 37.3 Å². The molecule has 0 radical (unpaired) electrons. The number of carbonyl (C=O) groups is 2. The predicted octanol–water partition coefficient (Wildman–Crippen LogP) is 1.20. The monoisotopic (exact) mass is 570 g/mol. The molecule has 1 aromatic carbocycles. The first-order valence-corrected chi connectivity index (χ1v) is 15.4. The van der Waals surface area contributed by atoms with Crippen LogP contribution in [0.2, 0.25) is 0 Å². The lowest BCUT2D eigenvalue weighted by Gasteiger charge is -2.29. The van der Waals surface area contributed by atoms with Crippen LogP contribution >= 0.6 is 0 Å². The minimum atomic E-state index is -3.46. The summed E-state index contributed by atoms with van der Waals surface area (Å²) in [7, 11) is -1.96. The molecular weight excluding hydrogens is 528 g/mol. The van der Waals surface area contributed by atoms with Gasteiger partial charge in [0.05, 0.1) is 25.8 Å². The van der Waals surface area contributed by atoms with Crippen molar-refractivity contribution in [2.24, 2.45) is 11.7 Å². The van der Waals surface area contributed by atoms with E-state index in [4.69, 9.17) is 19.9 Å². The van der Waals surface area contributed by atoms with Crippen LogP contribution < -0.4 is 24.7 Å². The van der Waals surface area contributed by atoms with Gasteiger partial charge in [-0.15, -0.1) is 0 Å². The number of unbranched alkanes of at least 4 members (excludes halogenated alkanes) is 2. The first-order valence-electron chi connectivity index (χ1n) is 13.5. The van der Waals surface area contributed by atoms with E-state index < -0.39 is 33.9 Å². The summed E-state index contributed by atoms with van der Waals surface area (Å²) in [5.41, 5.74) is 6.34. The molecule has 0 saturated carbocycles. The van der Waals surface area contributed by atoms with Gasteiger partial charge in [0.25, 0.3) is 0 Å². The molecule has 0 bridgehead atoms. The highest BCUT2D eigenvalue weighted by molar-refractivity contribution is 7.88. The summed E-state index contributed by atoms with van der Waals surface area (Å²) in [5, 5.41) is 10.4. The van der Waals surface area contributed by atoms with E-state index in [1.807, 2.05) is 9.80 Å². The van der Waals surface area contributed by atoms with Crippen LogP contribution in [0.15, 0.2) is 12.1 Å². The third kappa shape index (κ3) is 8.19. The number of likely N-dealkylation sites (tertiary alicyclic amines) is 1. The fraction of sp³-hybridized carbons (Fsp3) is 0.692. The van der Waals surface area contributed by atoms with Crippen molar-refractivity contribution in [3.05, 3.63) is 17.7 Å². The lowest BCUT2D eigenvalue weighted by molar-refractivity contribution is -0.143. The molecule has 13 heteroatoms. The molecule has 2 aliphatic heterocycles. The van der Waals surface area contributed by atoms with Crippen LogP contribution in [0.4, 0.5) is 0 Å². The number of aliphatic carboxylic acids is 1. The topological polar surface area (TPSA) is 161 Å². The van der Waals surface area contributed by atoms with E-state index in [1.54, 1.807) is 12.1 Å². The molecule has 2 aliphatic rings. The number of fused-ring (bicyclic) bond motifs is 1. The highest BCUT2D eigenvalue weighted by atomic mass is 32.2. The van der Waals surface area contributed by atoms with Crippen molar-refractivity contribution in [2.45, 2.75) is 51.0 Å². The standard InChI is InChI=1S/C26H42N4O8S/c1-4-5-11-29(12-7-6-9-27)23(31)16-30-15-19(18-13-21(36-2)25-22(14-18)37-17-38-25)24(26(32)33)20(30)8-10-28-39(3,34)35/h13-14,19-20,24,28H,4-12,15-17,27H2,1-3H3,(H,32,33). The van der Waals surface area contributed by atoms with Crippen LogP contribution in [0.5, 0.6) is 17.2 Å². The lowest BCUT2D eigenvalue weighted by Crippen LogP contribution is -2.45. The minimum absolute atomic E-state index is 0.0395. The van der Waals surface area contributed by atoms with Crippen molar-refractivity contribution in [3.63, 3.8) is 0 Å². The van der Waals surface area contributed by atoms with Crippen LogP contribution in [0.1, 0.15) is 50.5 Å². The molecule has 220 valence electrons. The number of nitrogens with zero attached hydrogens (tertiary/aromatic N) is 2. The Balaban J connectivity index is 1.90. The first-order chi connectivity index (χ1) is 18.6. The molecule has 2 heterocycles. The van der Waals surface area contributed by atoms with E-state index in [0.717, 1.165) is 31.9 Å². The van der Waals surface area contributed by atoms with Gasteiger partial charge < -0.3 is 30.0 Å². The van der Waals surface area contributed by atoms with Crippen LogP contribution in [0.3, 0.4) is 0 Å².